The minimum absolute atomic E-state index is 0.537. The van der Waals surface area contributed by atoms with Gasteiger partial charge in [-0.25, -0.2) is 0 Å². The molecular formula is C5H9NO2. The monoisotopic (exact) mass is 115 g/mol. The van der Waals surface area contributed by atoms with Gasteiger partial charge in [0.25, 0.3) is 0 Å². The second kappa shape index (κ2) is 4.18. The van der Waals surface area contributed by atoms with Crippen LogP contribution in [0.5, 0.6) is 0 Å². The van der Waals surface area contributed by atoms with Crippen molar-refractivity contribution in [1.29, 1.82) is 0 Å². The van der Waals surface area contributed by atoms with Gasteiger partial charge in [0.05, 0.1) is 6.54 Å². The lowest BCUT2D eigenvalue weighted by atomic mass is 10.8. The number of rotatable bonds is 4. The molecule has 0 unspecified atom stereocenters. The highest BCUT2D eigenvalue weighted by Gasteiger charge is 1.90. The SMILES string of the molecule is C=CON(C=O)CC. The Labute approximate surface area is 48.5 Å². The van der Waals surface area contributed by atoms with Crippen molar-refractivity contribution in [3.05, 3.63) is 12.8 Å². The third-order valence-corrected chi connectivity index (χ3v) is 0.639. The molecule has 0 saturated carbocycles. The molecule has 0 fully saturated rings. The molecule has 0 N–H and O–H groups in total. The molecule has 8 heavy (non-hydrogen) atoms. The van der Waals surface area contributed by atoms with E-state index in [0.29, 0.717) is 13.0 Å². The van der Waals surface area contributed by atoms with Crippen molar-refractivity contribution in [2.45, 2.75) is 6.92 Å². The number of nitrogens with zero attached hydrogens (tertiary/aromatic N) is 1. The molecule has 0 saturated heterocycles. The Hall–Kier alpha value is -0.990. The zero-order chi connectivity index (χ0) is 6.41. The Morgan fingerprint density at radius 1 is 1.88 bits per heavy atom. The van der Waals surface area contributed by atoms with Gasteiger partial charge in [0.2, 0.25) is 6.41 Å². The lowest BCUT2D eigenvalue weighted by Gasteiger charge is -2.10. The molecule has 0 aromatic rings. The smallest absolute Gasteiger partial charge is 0.242 e. The quantitative estimate of drug-likeness (QED) is 0.304. The van der Waals surface area contributed by atoms with Gasteiger partial charge in [-0.2, -0.15) is 5.06 Å². The van der Waals surface area contributed by atoms with E-state index in [9.17, 15) is 4.79 Å². The Bertz CT molecular complexity index is 82.5. The summed E-state index contributed by atoms with van der Waals surface area (Å²) in [5, 5.41) is 1.13. The first-order valence-electron chi connectivity index (χ1n) is 2.34. The van der Waals surface area contributed by atoms with Gasteiger partial charge in [-0.05, 0) is 6.92 Å². The molecule has 46 valence electrons. The van der Waals surface area contributed by atoms with Gasteiger partial charge in [-0.15, -0.1) is 0 Å². The average Bonchev–Trinajstić information content (AvgIpc) is 1.83. The van der Waals surface area contributed by atoms with Crippen LogP contribution in [0, 0.1) is 0 Å². The van der Waals surface area contributed by atoms with Gasteiger partial charge >= 0.3 is 0 Å². The van der Waals surface area contributed by atoms with Crippen molar-refractivity contribution in [3.8, 4) is 0 Å². The van der Waals surface area contributed by atoms with Crippen molar-refractivity contribution in [3.63, 3.8) is 0 Å². The lowest BCUT2D eigenvalue weighted by molar-refractivity contribution is -0.150. The van der Waals surface area contributed by atoms with Gasteiger partial charge in [0.15, 0.2) is 0 Å². The standard InChI is InChI=1S/C5H9NO2/c1-3-6(5-7)8-4-2/h4-5H,2-3H2,1H3. The summed E-state index contributed by atoms with van der Waals surface area (Å²) in [6.07, 6.45) is 1.81. The molecule has 0 aromatic heterocycles. The summed E-state index contributed by atoms with van der Waals surface area (Å²) in [6, 6.07) is 0. The van der Waals surface area contributed by atoms with Crippen LogP contribution < -0.4 is 0 Å². The third kappa shape index (κ3) is 2.23. The average molecular weight is 115 g/mol. The summed E-state index contributed by atoms with van der Waals surface area (Å²) in [5.41, 5.74) is 0. The number of amides is 1. The fourth-order valence-corrected chi connectivity index (χ4v) is 0.270. The van der Waals surface area contributed by atoms with Crippen LogP contribution >= 0.6 is 0 Å². The van der Waals surface area contributed by atoms with E-state index < -0.39 is 0 Å². The van der Waals surface area contributed by atoms with E-state index >= 15 is 0 Å². The van der Waals surface area contributed by atoms with E-state index in [2.05, 4.69) is 11.4 Å². The Morgan fingerprint density at radius 2 is 2.50 bits per heavy atom. The van der Waals surface area contributed by atoms with Crippen molar-refractivity contribution >= 4 is 6.41 Å². The second-order valence-corrected chi connectivity index (χ2v) is 1.11. The van der Waals surface area contributed by atoms with Crippen LogP contribution in [0.25, 0.3) is 0 Å². The van der Waals surface area contributed by atoms with Crippen LogP contribution in [-0.2, 0) is 9.63 Å². The van der Waals surface area contributed by atoms with Crippen molar-refractivity contribution < 1.29 is 9.63 Å². The zero-order valence-corrected chi connectivity index (χ0v) is 4.83. The van der Waals surface area contributed by atoms with Crippen molar-refractivity contribution in [2.24, 2.45) is 0 Å². The molecule has 0 bridgehead atoms. The molecule has 0 heterocycles. The molecular weight excluding hydrogens is 106 g/mol. The van der Waals surface area contributed by atoms with Crippen LogP contribution in [0.3, 0.4) is 0 Å². The second-order valence-electron chi connectivity index (χ2n) is 1.11. The van der Waals surface area contributed by atoms with Crippen LogP contribution in [-0.4, -0.2) is 18.0 Å². The number of carbonyl (C=O) groups excluding carboxylic acids is 1. The van der Waals surface area contributed by atoms with E-state index in [1.807, 2.05) is 0 Å². The maximum Gasteiger partial charge on any atom is 0.242 e. The van der Waals surface area contributed by atoms with E-state index in [4.69, 9.17) is 0 Å². The summed E-state index contributed by atoms with van der Waals surface area (Å²) >= 11 is 0. The highest BCUT2D eigenvalue weighted by atomic mass is 16.7. The highest BCUT2D eigenvalue weighted by molar-refractivity contribution is 5.44. The van der Waals surface area contributed by atoms with E-state index in [0.717, 1.165) is 5.06 Å². The highest BCUT2D eigenvalue weighted by Crippen LogP contribution is 1.81. The molecule has 0 aliphatic carbocycles. The molecule has 0 spiro atoms. The molecule has 3 heteroatoms. The number of hydrogen-bond donors (Lipinski definition) is 0. The molecule has 3 nitrogen and oxygen atoms in total. The summed E-state index contributed by atoms with van der Waals surface area (Å²) in [4.78, 5) is 14.4. The predicted molar refractivity (Wildman–Crippen MR) is 29.7 cm³/mol. The molecule has 0 aliphatic rings. The Morgan fingerprint density at radius 3 is 2.62 bits per heavy atom. The predicted octanol–water partition coefficient (Wildman–Crippen LogP) is 0.540. The summed E-state index contributed by atoms with van der Waals surface area (Å²) in [5.74, 6) is 0. The third-order valence-electron chi connectivity index (χ3n) is 0.639. The topological polar surface area (TPSA) is 29.5 Å². The van der Waals surface area contributed by atoms with Gasteiger partial charge in [0, 0.05) is 0 Å². The summed E-state index contributed by atoms with van der Waals surface area (Å²) < 4.78 is 0. The van der Waals surface area contributed by atoms with Crippen molar-refractivity contribution in [1.82, 2.24) is 5.06 Å². The van der Waals surface area contributed by atoms with Gasteiger partial charge < -0.3 is 4.84 Å². The first-order chi connectivity index (χ1) is 3.85. The van der Waals surface area contributed by atoms with Crippen LogP contribution in [0.1, 0.15) is 6.92 Å². The van der Waals surface area contributed by atoms with Gasteiger partial charge in [-0.3, -0.25) is 4.79 Å². The Kier molecular flexibility index (Phi) is 3.66. The van der Waals surface area contributed by atoms with Gasteiger partial charge in [-0.1, -0.05) is 6.58 Å². The van der Waals surface area contributed by atoms with E-state index in [-0.39, 0.29) is 0 Å². The minimum Gasteiger partial charge on any atom is -0.386 e. The normalized spacial score (nSPS) is 7.62. The van der Waals surface area contributed by atoms with Crippen LogP contribution in [0.15, 0.2) is 12.8 Å². The first kappa shape index (κ1) is 7.01. The summed E-state index contributed by atoms with van der Waals surface area (Å²) in [6.45, 7) is 5.61. The largest absolute Gasteiger partial charge is 0.386 e. The maximum absolute atomic E-state index is 9.88. The number of hydrogen-bond acceptors (Lipinski definition) is 2. The van der Waals surface area contributed by atoms with Crippen LogP contribution in [0.2, 0.25) is 0 Å². The molecule has 0 rings (SSSR count). The number of hydroxylamine groups is 2. The fourth-order valence-electron chi connectivity index (χ4n) is 0.270. The minimum atomic E-state index is 0.537. The van der Waals surface area contributed by atoms with Gasteiger partial charge in [0.1, 0.15) is 6.26 Å². The summed E-state index contributed by atoms with van der Waals surface area (Å²) in [7, 11) is 0. The molecule has 0 atom stereocenters. The molecule has 0 radical (unpaired) electrons. The maximum atomic E-state index is 9.88. The molecule has 0 aliphatic heterocycles. The lowest BCUT2D eigenvalue weighted by Crippen LogP contribution is -2.18. The molecule has 0 aromatic carbocycles. The van der Waals surface area contributed by atoms with Crippen LogP contribution in [0.4, 0.5) is 0 Å². The van der Waals surface area contributed by atoms with E-state index in [1.54, 1.807) is 6.92 Å². The fraction of sp³-hybridized carbons (Fsp3) is 0.400. The Balaban J connectivity index is 3.35. The van der Waals surface area contributed by atoms with Crippen molar-refractivity contribution in [2.75, 3.05) is 6.54 Å². The first-order valence-corrected chi connectivity index (χ1v) is 2.34. The van der Waals surface area contributed by atoms with E-state index in [1.165, 1.54) is 6.26 Å². The molecule has 1 amide bonds. The number of carbonyl (C=O) groups is 1. The zero-order valence-electron chi connectivity index (χ0n) is 4.83.